The van der Waals surface area contributed by atoms with Crippen LogP contribution < -0.4 is 0 Å². The molecule has 5 nitrogen and oxygen atoms in total. The Morgan fingerprint density at radius 1 is 1.21 bits per heavy atom. The summed E-state index contributed by atoms with van der Waals surface area (Å²) in [7, 11) is -0.138. The van der Waals surface area contributed by atoms with Crippen LogP contribution in [-0.2, 0) is 29.0 Å². The van der Waals surface area contributed by atoms with Crippen molar-refractivity contribution < 1.29 is 8.42 Å². The smallest absolute Gasteiger partial charge is 0.243 e. The second-order valence-corrected chi connectivity index (χ2v) is 9.46. The molecule has 24 heavy (non-hydrogen) atoms. The Bertz CT molecular complexity index is 846. The van der Waals surface area contributed by atoms with E-state index >= 15 is 0 Å². The van der Waals surface area contributed by atoms with Crippen molar-refractivity contribution in [2.45, 2.75) is 51.5 Å². The van der Waals surface area contributed by atoms with E-state index < -0.39 is 10.0 Å². The van der Waals surface area contributed by atoms with E-state index in [0.717, 1.165) is 22.3 Å². The normalized spacial score (nSPS) is 12.8. The van der Waals surface area contributed by atoms with Crippen LogP contribution in [0.3, 0.4) is 0 Å². The SMILES string of the molecule is Cc1cc(C(C)(C)C)cc(S(=O)(=O)N(C)Cc2cnn(C)c2)c1C. The molecule has 1 aromatic heterocycles. The average molecular weight is 350 g/mol. The topological polar surface area (TPSA) is 55.2 Å². The number of benzene rings is 1. The fraction of sp³-hybridized carbons (Fsp3) is 0.500. The van der Waals surface area contributed by atoms with Crippen molar-refractivity contribution in [2.75, 3.05) is 7.05 Å². The highest BCUT2D eigenvalue weighted by Crippen LogP contribution is 2.30. The van der Waals surface area contributed by atoms with Gasteiger partial charge in [-0.1, -0.05) is 26.8 Å². The van der Waals surface area contributed by atoms with E-state index in [1.165, 1.54) is 4.31 Å². The average Bonchev–Trinajstić information content (AvgIpc) is 2.85. The summed E-state index contributed by atoms with van der Waals surface area (Å²) in [6, 6.07) is 3.90. The largest absolute Gasteiger partial charge is 0.275 e. The van der Waals surface area contributed by atoms with Crippen LogP contribution in [-0.4, -0.2) is 29.6 Å². The highest BCUT2D eigenvalue weighted by Gasteiger charge is 2.26. The van der Waals surface area contributed by atoms with Gasteiger partial charge in [0.2, 0.25) is 10.0 Å². The molecule has 1 heterocycles. The number of nitrogens with zero attached hydrogens (tertiary/aromatic N) is 3. The number of aryl methyl sites for hydroxylation is 2. The summed E-state index contributed by atoms with van der Waals surface area (Å²) < 4.78 is 29.2. The Balaban J connectivity index is 2.46. The maximum Gasteiger partial charge on any atom is 0.243 e. The Hall–Kier alpha value is -1.66. The van der Waals surface area contributed by atoms with E-state index in [4.69, 9.17) is 0 Å². The summed E-state index contributed by atoms with van der Waals surface area (Å²) in [4.78, 5) is 0.388. The molecular weight excluding hydrogens is 322 g/mol. The fourth-order valence-corrected chi connectivity index (χ4v) is 4.07. The highest BCUT2D eigenvalue weighted by atomic mass is 32.2. The van der Waals surface area contributed by atoms with Gasteiger partial charge in [0.25, 0.3) is 0 Å². The van der Waals surface area contributed by atoms with Gasteiger partial charge in [0.1, 0.15) is 0 Å². The molecule has 2 aromatic rings. The molecule has 0 bridgehead atoms. The Morgan fingerprint density at radius 2 is 1.83 bits per heavy atom. The molecule has 0 fully saturated rings. The minimum Gasteiger partial charge on any atom is -0.275 e. The second-order valence-electron chi connectivity index (χ2n) is 7.45. The van der Waals surface area contributed by atoms with Crippen molar-refractivity contribution >= 4 is 10.0 Å². The van der Waals surface area contributed by atoms with Gasteiger partial charge < -0.3 is 0 Å². The molecule has 0 radical (unpaired) electrons. The first kappa shape index (κ1) is 18.7. The van der Waals surface area contributed by atoms with Gasteiger partial charge in [0, 0.05) is 32.4 Å². The lowest BCUT2D eigenvalue weighted by Crippen LogP contribution is -2.28. The van der Waals surface area contributed by atoms with E-state index in [0.29, 0.717) is 11.4 Å². The maximum atomic E-state index is 13.1. The summed E-state index contributed by atoms with van der Waals surface area (Å²) in [6.45, 7) is 10.4. The van der Waals surface area contributed by atoms with Crippen LogP contribution in [0.4, 0.5) is 0 Å². The van der Waals surface area contributed by atoms with Crippen molar-refractivity contribution in [3.8, 4) is 0 Å². The molecule has 132 valence electrons. The summed E-state index contributed by atoms with van der Waals surface area (Å²) in [5.41, 5.74) is 3.59. The molecule has 1 aromatic carbocycles. The molecule has 0 aliphatic carbocycles. The van der Waals surface area contributed by atoms with E-state index in [9.17, 15) is 8.42 Å². The van der Waals surface area contributed by atoms with Gasteiger partial charge in [-0.25, -0.2) is 8.42 Å². The quantitative estimate of drug-likeness (QED) is 0.852. The summed E-state index contributed by atoms with van der Waals surface area (Å²) in [5, 5.41) is 4.10. The molecule has 6 heteroatoms. The lowest BCUT2D eigenvalue weighted by atomic mass is 9.85. The van der Waals surface area contributed by atoms with Crippen LogP contribution in [0.25, 0.3) is 0 Å². The molecule has 0 N–H and O–H groups in total. The lowest BCUT2D eigenvalue weighted by Gasteiger charge is -2.24. The molecule has 2 rings (SSSR count). The molecule has 0 aliphatic rings. The van der Waals surface area contributed by atoms with Crippen molar-refractivity contribution in [3.05, 3.63) is 46.8 Å². The monoisotopic (exact) mass is 349 g/mol. The van der Waals surface area contributed by atoms with Crippen LogP contribution in [0.1, 0.15) is 43.0 Å². The first-order valence-electron chi connectivity index (χ1n) is 7.98. The molecule has 0 saturated heterocycles. The number of hydrogen-bond donors (Lipinski definition) is 0. The van der Waals surface area contributed by atoms with Gasteiger partial charge in [-0.3, -0.25) is 4.68 Å². The highest BCUT2D eigenvalue weighted by molar-refractivity contribution is 7.89. The zero-order valence-corrected chi connectivity index (χ0v) is 16.4. The van der Waals surface area contributed by atoms with E-state index in [2.05, 4.69) is 31.9 Å². The van der Waals surface area contributed by atoms with Crippen molar-refractivity contribution in [1.82, 2.24) is 14.1 Å². The molecule has 0 unspecified atom stereocenters. The third kappa shape index (κ3) is 3.70. The number of aromatic nitrogens is 2. The number of rotatable bonds is 4. The van der Waals surface area contributed by atoms with E-state index in [1.807, 2.05) is 33.2 Å². The van der Waals surface area contributed by atoms with Crippen LogP contribution >= 0.6 is 0 Å². The third-order valence-electron chi connectivity index (χ3n) is 4.34. The van der Waals surface area contributed by atoms with Gasteiger partial charge in [0.15, 0.2) is 0 Å². The van der Waals surface area contributed by atoms with Crippen molar-refractivity contribution in [2.24, 2.45) is 7.05 Å². The summed E-state index contributed by atoms with van der Waals surface area (Å²) in [6.07, 6.45) is 3.52. The predicted octanol–water partition coefficient (Wildman–Crippen LogP) is 3.16. The van der Waals surface area contributed by atoms with Crippen LogP contribution in [0.15, 0.2) is 29.4 Å². The van der Waals surface area contributed by atoms with Gasteiger partial charge in [-0.15, -0.1) is 0 Å². The minimum atomic E-state index is -3.57. The Morgan fingerprint density at radius 3 is 2.33 bits per heavy atom. The van der Waals surface area contributed by atoms with Gasteiger partial charge >= 0.3 is 0 Å². The minimum absolute atomic E-state index is 0.106. The predicted molar refractivity (Wildman–Crippen MR) is 96.5 cm³/mol. The standard InChI is InChI=1S/C18H27N3O2S/c1-13-8-16(18(3,4)5)9-17(14(13)2)24(22,23)21(7)12-15-10-19-20(6)11-15/h8-11H,12H2,1-7H3. The first-order valence-corrected chi connectivity index (χ1v) is 9.42. The maximum absolute atomic E-state index is 13.1. The zero-order valence-electron chi connectivity index (χ0n) is 15.6. The van der Waals surface area contributed by atoms with Crippen LogP contribution in [0.2, 0.25) is 0 Å². The molecule has 0 saturated carbocycles. The number of sulfonamides is 1. The van der Waals surface area contributed by atoms with E-state index in [-0.39, 0.29) is 5.41 Å². The van der Waals surface area contributed by atoms with Crippen molar-refractivity contribution in [1.29, 1.82) is 0 Å². The molecular formula is C18H27N3O2S. The van der Waals surface area contributed by atoms with Gasteiger partial charge in [0.05, 0.1) is 11.1 Å². The summed E-state index contributed by atoms with van der Waals surface area (Å²) in [5.74, 6) is 0. The van der Waals surface area contributed by atoms with E-state index in [1.54, 1.807) is 17.9 Å². The molecule has 0 atom stereocenters. The summed E-state index contributed by atoms with van der Waals surface area (Å²) >= 11 is 0. The zero-order chi connectivity index (χ0) is 18.3. The third-order valence-corrected chi connectivity index (χ3v) is 6.27. The van der Waals surface area contributed by atoms with Gasteiger partial charge in [-0.05, 0) is 42.0 Å². The van der Waals surface area contributed by atoms with Gasteiger partial charge in [-0.2, -0.15) is 9.40 Å². The first-order chi connectivity index (χ1) is 10.9. The van der Waals surface area contributed by atoms with Crippen LogP contribution in [0, 0.1) is 13.8 Å². The second kappa shape index (κ2) is 6.33. The van der Waals surface area contributed by atoms with Crippen LogP contribution in [0.5, 0.6) is 0 Å². The Kier molecular flexibility index (Phi) is 4.93. The van der Waals surface area contributed by atoms with Crippen molar-refractivity contribution in [3.63, 3.8) is 0 Å². The lowest BCUT2D eigenvalue weighted by molar-refractivity contribution is 0.465. The molecule has 0 amide bonds. The molecule has 0 spiro atoms. The fourth-order valence-electron chi connectivity index (χ4n) is 2.59. The molecule has 0 aliphatic heterocycles. The Labute approximate surface area is 145 Å². The number of hydrogen-bond acceptors (Lipinski definition) is 3.